The van der Waals surface area contributed by atoms with Crippen LogP contribution in [-0.2, 0) is 16.6 Å². The summed E-state index contributed by atoms with van der Waals surface area (Å²) in [6.07, 6.45) is 0. The molecule has 7 heteroatoms. The third-order valence-corrected chi connectivity index (χ3v) is 4.51. The zero-order chi connectivity index (χ0) is 15.5. The second-order valence-corrected chi connectivity index (χ2v) is 6.49. The smallest absolute Gasteiger partial charge is 0.261 e. The first-order valence-electron chi connectivity index (χ1n) is 6.14. The maximum Gasteiger partial charge on any atom is 0.261 e. The Morgan fingerprint density at radius 3 is 2.57 bits per heavy atom. The Labute approximate surface area is 128 Å². The number of anilines is 1. The fourth-order valence-electron chi connectivity index (χ4n) is 1.80. The van der Waals surface area contributed by atoms with Crippen LogP contribution in [0.4, 0.5) is 10.1 Å². The Kier molecular flexibility index (Phi) is 4.82. The zero-order valence-corrected chi connectivity index (χ0v) is 12.8. The van der Waals surface area contributed by atoms with Crippen LogP contribution in [0.25, 0.3) is 0 Å². The molecule has 2 aromatic carbocycles. The van der Waals surface area contributed by atoms with E-state index in [0.29, 0.717) is 11.6 Å². The highest BCUT2D eigenvalue weighted by Gasteiger charge is 2.16. The monoisotopic (exact) mass is 328 g/mol. The van der Waals surface area contributed by atoms with Gasteiger partial charge in [0.25, 0.3) is 10.0 Å². The summed E-state index contributed by atoms with van der Waals surface area (Å²) in [5.74, 6) is -0.516. The molecule has 4 nitrogen and oxygen atoms in total. The van der Waals surface area contributed by atoms with Crippen LogP contribution in [0.15, 0.2) is 47.4 Å². The lowest BCUT2D eigenvalue weighted by Gasteiger charge is -2.10. The molecule has 112 valence electrons. The van der Waals surface area contributed by atoms with Crippen molar-refractivity contribution in [3.63, 3.8) is 0 Å². The van der Waals surface area contributed by atoms with Gasteiger partial charge in [0.15, 0.2) is 0 Å². The van der Waals surface area contributed by atoms with Crippen molar-refractivity contribution in [3.8, 4) is 0 Å². The number of hydrogen-bond acceptors (Lipinski definition) is 3. The van der Waals surface area contributed by atoms with Gasteiger partial charge in [0.2, 0.25) is 0 Å². The molecule has 0 bridgehead atoms. The third kappa shape index (κ3) is 3.93. The fraction of sp³-hybridized carbons (Fsp3) is 0.143. The lowest BCUT2D eigenvalue weighted by molar-refractivity contribution is 0.601. The standard InChI is InChI=1S/C14H14ClFN2O2S/c1-17-9-10-5-6-13(8-14(10)15)21(19,20)18-12-4-2-3-11(16)7-12/h2-8,17-18H,9H2,1H3. The van der Waals surface area contributed by atoms with Crippen molar-refractivity contribution in [2.75, 3.05) is 11.8 Å². The minimum atomic E-state index is -3.81. The van der Waals surface area contributed by atoms with Gasteiger partial charge < -0.3 is 5.32 Å². The van der Waals surface area contributed by atoms with Crippen molar-refractivity contribution in [2.45, 2.75) is 11.4 Å². The molecule has 0 spiro atoms. The second-order valence-electron chi connectivity index (χ2n) is 4.40. The van der Waals surface area contributed by atoms with Gasteiger partial charge in [-0.1, -0.05) is 23.7 Å². The Morgan fingerprint density at radius 2 is 1.95 bits per heavy atom. The van der Waals surface area contributed by atoms with Crippen LogP contribution in [0.3, 0.4) is 0 Å². The molecule has 0 amide bonds. The van der Waals surface area contributed by atoms with Gasteiger partial charge in [-0.05, 0) is 42.9 Å². The number of sulfonamides is 1. The zero-order valence-electron chi connectivity index (χ0n) is 11.2. The van der Waals surface area contributed by atoms with Gasteiger partial charge in [-0.25, -0.2) is 12.8 Å². The SMILES string of the molecule is CNCc1ccc(S(=O)(=O)Nc2cccc(F)c2)cc1Cl. The molecule has 2 N–H and O–H groups in total. The summed E-state index contributed by atoms with van der Waals surface area (Å²) in [5.41, 5.74) is 0.953. The number of halogens is 2. The van der Waals surface area contributed by atoms with Crippen LogP contribution in [-0.4, -0.2) is 15.5 Å². The Bertz CT molecular complexity index is 750. The molecule has 21 heavy (non-hydrogen) atoms. The van der Waals surface area contributed by atoms with Gasteiger partial charge in [-0.15, -0.1) is 0 Å². The van der Waals surface area contributed by atoms with E-state index in [9.17, 15) is 12.8 Å². The summed E-state index contributed by atoms with van der Waals surface area (Å²) in [6, 6.07) is 9.71. The summed E-state index contributed by atoms with van der Waals surface area (Å²) < 4.78 is 39.8. The average molecular weight is 329 g/mol. The van der Waals surface area contributed by atoms with Crippen LogP contribution >= 0.6 is 11.6 Å². The molecule has 0 unspecified atom stereocenters. The molecule has 0 aromatic heterocycles. The van der Waals surface area contributed by atoms with Crippen LogP contribution < -0.4 is 10.0 Å². The van der Waals surface area contributed by atoms with E-state index in [0.717, 1.165) is 11.6 Å². The number of rotatable bonds is 5. The molecule has 0 fully saturated rings. The van der Waals surface area contributed by atoms with Gasteiger partial charge in [-0.2, -0.15) is 0 Å². The Morgan fingerprint density at radius 1 is 1.19 bits per heavy atom. The van der Waals surface area contributed by atoms with Gasteiger partial charge in [0, 0.05) is 11.6 Å². The highest BCUT2D eigenvalue weighted by atomic mass is 35.5. The molecule has 2 aromatic rings. The lowest BCUT2D eigenvalue weighted by atomic mass is 10.2. The fourth-order valence-corrected chi connectivity index (χ4v) is 3.18. The van der Waals surface area contributed by atoms with Crippen LogP contribution in [0.1, 0.15) is 5.56 Å². The highest BCUT2D eigenvalue weighted by Crippen LogP contribution is 2.23. The molecule has 0 aliphatic carbocycles. The van der Waals surface area contributed by atoms with E-state index in [1.54, 1.807) is 13.1 Å². The van der Waals surface area contributed by atoms with Gasteiger partial charge in [0.1, 0.15) is 5.82 Å². The molecule has 2 rings (SSSR count). The number of hydrogen-bond donors (Lipinski definition) is 2. The van der Waals surface area contributed by atoms with Crippen molar-refractivity contribution >= 4 is 27.3 Å². The molecule has 0 saturated heterocycles. The highest BCUT2D eigenvalue weighted by molar-refractivity contribution is 7.92. The average Bonchev–Trinajstić information content (AvgIpc) is 2.40. The quantitative estimate of drug-likeness (QED) is 0.887. The first-order valence-corrected chi connectivity index (χ1v) is 8.00. The number of nitrogens with one attached hydrogen (secondary N) is 2. The predicted octanol–water partition coefficient (Wildman–Crippen LogP) is 3.00. The maximum absolute atomic E-state index is 13.1. The Hall–Kier alpha value is -1.63. The largest absolute Gasteiger partial charge is 0.316 e. The van der Waals surface area contributed by atoms with Crippen LogP contribution in [0.2, 0.25) is 5.02 Å². The molecule has 0 atom stereocenters. The first kappa shape index (κ1) is 15.8. The van der Waals surface area contributed by atoms with Gasteiger partial charge in [-0.3, -0.25) is 4.72 Å². The van der Waals surface area contributed by atoms with E-state index >= 15 is 0 Å². The molecule has 0 heterocycles. The van der Waals surface area contributed by atoms with E-state index < -0.39 is 15.8 Å². The molecular formula is C14H14ClFN2O2S. The predicted molar refractivity (Wildman–Crippen MR) is 81.4 cm³/mol. The first-order chi connectivity index (χ1) is 9.92. The van der Waals surface area contributed by atoms with Gasteiger partial charge >= 0.3 is 0 Å². The van der Waals surface area contributed by atoms with E-state index in [4.69, 9.17) is 11.6 Å². The molecule has 0 radical (unpaired) electrons. The van der Waals surface area contributed by atoms with E-state index in [1.165, 1.54) is 30.3 Å². The Balaban J connectivity index is 2.29. The van der Waals surface area contributed by atoms with Crippen LogP contribution in [0, 0.1) is 5.82 Å². The maximum atomic E-state index is 13.1. The van der Waals surface area contributed by atoms with Crippen molar-refractivity contribution in [1.29, 1.82) is 0 Å². The summed E-state index contributed by atoms with van der Waals surface area (Å²) in [6.45, 7) is 0.538. The molecule has 0 aliphatic rings. The minimum Gasteiger partial charge on any atom is -0.316 e. The van der Waals surface area contributed by atoms with Crippen molar-refractivity contribution in [3.05, 3.63) is 58.9 Å². The molecular weight excluding hydrogens is 315 g/mol. The van der Waals surface area contributed by atoms with Crippen molar-refractivity contribution < 1.29 is 12.8 Å². The van der Waals surface area contributed by atoms with E-state index in [-0.39, 0.29) is 10.6 Å². The topological polar surface area (TPSA) is 58.2 Å². The normalized spacial score (nSPS) is 11.4. The number of benzene rings is 2. The van der Waals surface area contributed by atoms with E-state index in [1.807, 2.05) is 0 Å². The van der Waals surface area contributed by atoms with Crippen molar-refractivity contribution in [1.82, 2.24) is 5.32 Å². The molecule has 0 aliphatic heterocycles. The summed E-state index contributed by atoms with van der Waals surface area (Å²) in [4.78, 5) is 0.0246. The lowest BCUT2D eigenvalue weighted by Crippen LogP contribution is -2.13. The third-order valence-electron chi connectivity index (χ3n) is 2.78. The summed E-state index contributed by atoms with van der Waals surface area (Å²) in [7, 11) is -2.04. The molecule has 0 saturated carbocycles. The summed E-state index contributed by atoms with van der Waals surface area (Å²) in [5, 5.41) is 3.29. The van der Waals surface area contributed by atoms with E-state index in [2.05, 4.69) is 10.0 Å². The second kappa shape index (κ2) is 6.43. The van der Waals surface area contributed by atoms with Crippen LogP contribution in [0.5, 0.6) is 0 Å². The minimum absolute atomic E-state index is 0.0246. The van der Waals surface area contributed by atoms with Crippen molar-refractivity contribution in [2.24, 2.45) is 0 Å². The van der Waals surface area contributed by atoms with Gasteiger partial charge in [0.05, 0.1) is 10.6 Å². The summed E-state index contributed by atoms with van der Waals surface area (Å²) >= 11 is 6.05.